The molecule has 0 aliphatic heterocycles. The van der Waals surface area contributed by atoms with E-state index in [-0.39, 0.29) is 11.5 Å². The second-order valence-electron chi connectivity index (χ2n) is 7.53. The van der Waals surface area contributed by atoms with Crippen molar-refractivity contribution in [3.8, 4) is 0 Å². The number of halogens is 1. The summed E-state index contributed by atoms with van der Waals surface area (Å²) < 4.78 is 3.84. The minimum atomic E-state index is -1.21. The molecule has 1 aromatic carbocycles. The van der Waals surface area contributed by atoms with Gasteiger partial charge < -0.3 is 0 Å². The van der Waals surface area contributed by atoms with Crippen LogP contribution in [0.3, 0.4) is 0 Å². The zero-order chi connectivity index (χ0) is 15.3. The Morgan fingerprint density at radius 3 is 2.62 bits per heavy atom. The molecule has 0 aromatic heterocycles. The van der Waals surface area contributed by atoms with Crippen LogP contribution in [0.15, 0.2) is 28.7 Å². The number of fused-ring (bicyclic) bond motifs is 2. The quantitative estimate of drug-likeness (QED) is 0.631. The Kier molecular flexibility index (Phi) is 4.52. The van der Waals surface area contributed by atoms with E-state index in [1.807, 2.05) is 0 Å². The van der Waals surface area contributed by atoms with Gasteiger partial charge in [-0.1, -0.05) is 0 Å². The van der Waals surface area contributed by atoms with Crippen LogP contribution in [0.4, 0.5) is 0 Å². The molecule has 0 saturated heterocycles. The first kappa shape index (κ1) is 16.3. The van der Waals surface area contributed by atoms with Gasteiger partial charge in [-0.25, -0.2) is 0 Å². The molecule has 2 fully saturated rings. The van der Waals surface area contributed by atoms with Crippen molar-refractivity contribution in [2.24, 2.45) is 16.7 Å². The molecule has 2 aliphatic rings. The predicted octanol–water partition coefficient (Wildman–Crippen LogP) is 4.84. The van der Waals surface area contributed by atoms with E-state index in [4.69, 9.17) is 0 Å². The van der Waals surface area contributed by atoms with Gasteiger partial charge in [0.25, 0.3) is 0 Å². The molecule has 0 heterocycles. The summed E-state index contributed by atoms with van der Waals surface area (Å²) >= 11 is 2.48. The normalized spacial score (nSPS) is 33.8. The van der Waals surface area contributed by atoms with Gasteiger partial charge in [0.1, 0.15) is 0 Å². The van der Waals surface area contributed by atoms with Crippen LogP contribution in [0.2, 0.25) is 9.44 Å². The Morgan fingerprint density at radius 1 is 1.33 bits per heavy atom. The first-order valence-corrected chi connectivity index (χ1v) is 14.3. The average molecular weight is 466 g/mol. The van der Waals surface area contributed by atoms with Crippen molar-refractivity contribution in [1.29, 1.82) is 0 Å². The second-order valence-corrected chi connectivity index (χ2v) is 14.5. The summed E-state index contributed by atoms with van der Waals surface area (Å²) in [5, 5.41) is 10.7. The van der Waals surface area contributed by atoms with Crippen molar-refractivity contribution in [2.45, 2.75) is 53.1 Å². The van der Waals surface area contributed by atoms with Gasteiger partial charge in [0.05, 0.1) is 0 Å². The van der Waals surface area contributed by atoms with Crippen LogP contribution in [0.25, 0.3) is 0 Å². The predicted molar refractivity (Wildman–Crippen MR) is 93.8 cm³/mol. The molecular weight excluding hydrogens is 440 g/mol. The van der Waals surface area contributed by atoms with E-state index in [0.717, 1.165) is 12.3 Å². The van der Waals surface area contributed by atoms with Crippen LogP contribution < -0.4 is 0 Å². The van der Waals surface area contributed by atoms with Crippen molar-refractivity contribution in [3.05, 3.63) is 34.3 Å². The van der Waals surface area contributed by atoms with E-state index in [9.17, 15) is 5.11 Å². The minimum absolute atomic E-state index is 0.0474. The fourth-order valence-electron chi connectivity index (χ4n) is 4.75. The number of benzene rings is 1. The van der Waals surface area contributed by atoms with E-state index >= 15 is 0 Å². The van der Waals surface area contributed by atoms with Gasteiger partial charge in [-0.3, -0.25) is 0 Å². The number of aliphatic hydroxyl groups excluding tert-OH is 1. The summed E-state index contributed by atoms with van der Waals surface area (Å²) in [6.45, 7) is 4.84. The average Bonchev–Trinajstić information content (AvgIpc) is 2.75. The molecule has 0 spiro atoms. The molecule has 1 aromatic rings. The zero-order valence-corrected chi connectivity index (χ0v) is 17.1. The fraction of sp³-hybridized carbons (Fsp3) is 0.667. The van der Waals surface area contributed by atoms with Crippen molar-refractivity contribution in [1.82, 2.24) is 0 Å². The third-order valence-corrected chi connectivity index (χ3v) is 12.2. The Hall–Kier alpha value is 0.450. The third-order valence-electron chi connectivity index (χ3n) is 6.25. The molecule has 1 nitrogen and oxygen atoms in total. The van der Waals surface area contributed by atoms with E-state index in [1.54, 1.807) is 0 Å². The molecule has 0 amide bonds. The molecule has 116 valence electrons. The number of aliphatic hydroxyl groups is 1. The number of hydrogen-bond donors (Lipinski definition) is 1. The van der Waals surface area contributed by atoms with Crippen molar-refractivity contribution in [3.63, 3.8) is 0 Å². The van der Waals surface area contributed by atoms with Crippen molar-refractivity contribution in [2.75, 3.05) is 0 Å². The Labute approximate surface area is 144 Å². The van der Waals surface area contributed by atoms with E-state index in [1.165, 1.54) is 31.8 Å². The summed E-state index contributed by atoms with van der Waals surface area (Å²) in [5.41, 5.74) is 2.03. The summed E-state index contributed by atoms with van der Waals surface area (Å²) in [6, 6.07) is 8.64. The Balaban J connectivity index is 1.75. The van der Waals surface area contributed by atoms with Crippen LogP contribution in [0.1, 0.15) is 38.7 Å². The monoisotopic (exact) mass is 467 g/mol. The molecule has 1 N–H and O–H groups in total. The van der Waals surface area contributed by atoms with E-state index in [0.29, 0.717) is 5.41 Å². The zero-order valence-electron chi connectivity index (χ0n) is 13.2. The van der Waals surface area contributed by atoms with Crippen LogP contribution in [-0.2, 0) is 4.47 Å². The Bertz CT molecular complexity index is 530. The van der Waals surface area contributed by atoms with Crippen LogP contribution in [0.5, 0.6) is 0 Å². The molecular formula is C18H26BrOTe+. The van der Waals surface area contributed by atoms with E-state index in [2.05, 4.69) is 59.0 Å². The maximum absolute atomic E-state index is 10.7. The molecule has 2 bridgehead atoms. The molecule has 2 saturated carbocycles. The second kappa shape index (κ2) is 5.82. The van der Waals surface area contributed by atoms with Crippen LogP contribution >= 0.6 is 15.9 Å². The van der Waals surface area contributed by atoms with Gasteiger partial charge in [0.2, 0.25) is 0 Å². The van der Waals surface area contributed by atoms with Crippen LogP contribution in [0, 0.1) is 16.7 Å². The Morgan fingerprint density at radius 2 is 2.05 bits per heavy atom. The van der Waals surface area contributed by atoms with Gasteiger partial charge in [-0.05, 0) is 0 Å². The maximum atomic E-state index is 10.7. The molecule has 3 unspecified atom stereocenters. The first-order chi connectivity index (χ1) is 9.87. The fourth-order valence-corrected chi connectivity index (χ4v) is 12.8. The molecule has 3 heteroatoms. The summed E-state index contributed by atoms with van der Waals surface area (Å²) in [4.78, 5) is 2.52. The summed E-state index contributed by atoms with van der Waals surface area (Å²) in [7, 11) is 0. The molecule has 2 aliphatic carbocycles. The molecule has 0 radical (unpaired) electrons. The van der Waals surface area contributed by atoms with Gasteiger partial charge in [-0.15, -0.1) is 0 Å². The standard InChI is InChI=1S/C18H26BrOTe/c1-17(2)14-8-9-18(17,16(20)10-14)12-21(3)11-13-6-4-5-7-15(13)19/h4-7,14,16,20H,8-12H2,1-3H3/q+1. The van der Waals surface area contributed by atoms with Gasteiger partial charge in [-0.2, -0.15) is 0 Å². The van der Waals surface area contributed by atoms with Crippen molar-refractivity contribution < 1.29 is 5.11 Å². The first-order valence-electron chi connectivity index (χ1n) is 7.87. The van der Waals surface area contributed by atoms with E-state index < -0.39 is 19.6 Å². The third kappa shape index (κ3) is 2.63. The summed E-state index contributed by atoms with van der Waals surface area (Å²) in [6.07, 6.45) is 3.60. The molecule has 21 heavy (non-hydrogen) atoms. The van der Waals surface area contributed by atoms with Crippen molar-refractivity contribution >= 4 is 35.5 Å². The topological polar surface area (TPSA) is 20.2 Å². The molecule has 3 rings (SSSR count). The van der Waals surface area contributed by atoms with Gasteiger partial charge in [0.15, 0.2) is 0 Å². The number of rotatable bonds is 4. The number of hydrogen-bond acceptors (Lipinski definition) is 1. The molecule has 3 atom stereocenters. The van der Waals surface area contributed by atoms with Crippen LogP contribution in [-0.4, -0.2) is 30.8 Å². The SMILES string of the molecule is C[Te+](Cc1ccccc1Br)CC12CCC(CC1O)C2(C)C. The van der Waals surface area contributed by atoms with Gasteiger partial charge >= 0.3 is 145 Å². The van der Waals surface area contributed by atoms with Gasteiger partial charge in [0, 0.05) is 0 Å². The summed E-state index contributed by atoms with van der Waals surface area (Å²) in [5.74, 6) is 0.752.